The van der Waals surface area contributed by atoms with Gasteiger partial charge in [0.2, 0.25) is 0 Å². The van der Waals surface area contributed by atoms with Crippen LogP contribution in [0.1, 0.15) is 30.9 Å². The van der Waals surface area contributed by atoms with Crippen LogP contribution in [0.15, 0.2) is 35.3 Å². The van der Waals surface area contributed by atoms with Gasteiger partial charge < -0.3 is 10.2 Å². The zero-order valence-electron chi connectivity index (χ0n) is 11.9. The van der Waals surface area contributed by atoms with Crippen LogP contribution in [0.5, 0.6) is 0 Å². The summed E-state index contributed by atoms with van der Waals surface area (Å²) in [6.45, 7) is 4.56. The average Bonchev–Trinajstić information content (AvgIpc) is 2.98. The molecule has 1 atom stereocenters. The van der Waals surface area contributed by atoms with Crippen LogP contribution in [0.4, 0.5) is 0 Å². The molecule has 0 bridgehead atoms. The van der Waals surface area contributed by atoms with Crippen LogP contribution >= 0.6 is 11.8 Å². The number of aliphatic imine (C=N–C) groups is 1. The zero-order chi connectivity index (χ0) is 13.6. The summed E-state index contributed by atoms with van der Waals surface area (Å²) in [7, 11) is 0. The molecule has 20 heavy (non-hydrogen) atoms. The first-order valence-corrected chi connectivity index (χ1v) is 8.61. The zero-order valence-corrected chi connectivity index (χ0v) is 12.7. The molecule has 3 rings (SSSR count). The minimum atomic E-state index is 0.426. The van der Waals surface area contributed by atoms with E-state index in [0.717, 1.165) is 24.0 Å². The van der Waals surface area contributed by atoms with Gasteiger partial charge >= 0.3 is 0 Å². The maximum Gasteiger partial charge on any atom is 0.157 e. The lowest BCUT2D eigenvalue weighted by Crippen LogP contribution is -2.32. The SMILES string of the molecule is c1ccc(C2CSC(=NCCN3CCCCC3)N2)cc1. The van der Waals surface area contributed by atoms with Crippen LogP contribution in [0.3, 0.4) is 0 Å². The number of likely N-dealkylation sites (tertiary alicyclic amines) is 1. The number of thioether (sulfide) groups is 1. The van der Waals surface area contributed by atoms with Gasteiger partial charge in [-0.25, -0.2) is 0 Å². The highest BCUT2D eigenvalue weighted by molar-refractivity contribution is 8.14. The van der Waals surface area contributed by atoms with Gasteiger partial charge in [-0.05, 0) is 31.5 Å². The molecule has 2 saturated heterocycles. The van der Waals surface area contributed by atoms with Crippen LogP contribution < -0.4 is 5.32 Å². The predicted octanol–water partition coefficient (Wildman–Crippen LogP) is 2.91. The van der Waals surface area contributed by atoms with E-state index in [2.05, 4.69) is 40.5 Å². The number of nitrogens with zero attached hydrogens (tertiary/aromatic N) is 2. The topological polar surface area (TPSA) is 27.6 Å². The van der Waals surface area contributed by atoms with E-state index in [1.807, 2.05) is 11.8 Å². The maximum atomic E-state index is 4.72. The first-order chi connectivity index (χ1) is 9.92. The Balaban J connectivity index is 1.46. The van der Waals surface area contributed by atoms with Crippen LogP contribution in [-0.4, -0.2) is 42.0 Å². The monoisotopic (exact) mass is 289 g/mol. The van der Waals surface area contributed by atoms with Gasteiger partial charge in [0.1, 0.15) is 0 Å². The molecule has 1 N–H and O–H groups in total. The number of benzene rings is 1. The van der Waals surface area contributed by atoms with E-state index in [0.29, 0.717) is 6.04 Å². The lowest BCUT2D eigenvalue weighted by atomic mass is 10.1. The minimum Gasteiger partial charge on any atom is -0.357 e. The van der Waals surface area contributed by atoms with E-state index in [4.69, 9.17) is 4.99 Å². The summed E-state index contributed by atoms with van der Waals surface area (Å²) in [5.41, 5.74) is 1.36. The molecule has 4 heteroatoms. The molecule has 0 spiro atoms. The van der Waals surface area contributed by atoms with Crippen molar-refractivity contribution in [3.8, 4) is 0 Å². The Morgan fingerprint density at radius 1 is 1.15 bits per heavy atom. The van der Waals surface area contributed by atoms with Gasteiger partial charge in [-0.2, -0.15) is 0 Å². The van der Waals surface area contributed by atoms with Crippen molar-refractivity contribution in [2.45, 2.75) is 25.3 Å². The van der Waals surface area contributed by atoms with Crippen LogP contribution in [0, 0.1) is 0 Å². The van der Waals surface area contributed by atoms with Gasteiger partial charge in [0.05, 0.1) is 12.6 Å². The van der Waals surface area contributed by atoms with Gasteiger partial charge in [0.15, 0.2) is 5.17 Å². The molecular formula is C16H23N3S. The van der Waals surface area contributed by atoms with Crippen molar-refractivity contribution < 1.29 is 0 Å². The van der Waals surface area contributed by atoms with E-state index in [-0.39, 0.29) is 0 Å². The average molecular weight is 289 g/mol. The van der Waals surface area contributed by atoms with Crippen molar-refractivity contribution in [2.75, 3.05) is 31.9 Å². The standard InChI is InChI=1S/C16H23N3S/c1-3-7-14(8-4-1)15-13-20-16(18-15)17-9-12-19-10-5-2-6-11-19/h1,3-4,7-8,15H,2,5-6,9-13H2,(H,17,18). The Labute approximate surface area is 125 Å². The van der Waals surface area contributed by atoms with Crippen molar-refractivity contribution >= 4 is 16.9 Å². The Bertz CT molecular complexity index is 440. The Morgan fingerprint density at radius 2 is 1.95 bits per heavy atom. The normalized spacial score (nSPS) is 25.8. The second-order valence-electron chi connectivity index (χ2n) is 5.51. The molecule has 0 radical (unpaired) electrons. The largest absolute Gasteiger partial charge is 0.357 e. The van der Waals surface area contributed by atoms with Crippen LogP contribution in [0.25, 0.3) is 0 Å². The van der Waals surface area contributed by atoms with Crippen molar-refractivity contribution in [2.24, 2.45) is 4.99 Å². The van der Waals surface area contributed by atoms with Gasteiger partial charge in [0.25, 0.3) is 0 Å². The van der Waals surface area contributed by atoms with Crippen LogP contribution in [0.2, 0.25) is 0 Å². The molecule has 2 fully saturated rings. The van der Waals surface area contributed by atoms with Crippen molar-refractivity contribution in [1.82, 2.24) is 10.2 Å². The molecule has 1 aromatic carbocycles. The summed E-state index contributed by atoms with van der Waals surface area (Å²) in [5, 5.41) is 4.66. The summed E-state index contributed by atoms with van der Waals surface area (Å²) < 4.78 is 0. The second-order valence-corrected chi connectivity index (χ2v) is 6.52. The first-order valence-electron chi connectivity index (χ1n) is 7.63. The van der Waals surface area contributed by atoms with E-state index in [1.165, 1.54) is 37.9 Å². The molecule has 0 amide bonds. The lowest BCUT2D eigenvalue weighted by molar-refractivity contribution is 0.235. The maximum absolute atomic E-state index is 4.72. The molecule has 2 aliphatic heterocycles. The summed E-state index contributed by atoms with van der Waals surface area (Å²) in [6, 6.07) is 11.1. The third-order valence-electron chi connectivity index (χ3n) is 4.01. The summed E-state index contributed by atoms with van der Waals surface area (Å²) >= 11 is 1.85. The fourth-order valence-electron chi connectivity index (χ4n) is 2.83. The molecule has 2 aliphatic rings. The highest BCUT2D eigenvalue weighted by Crippen LogP contribution is 2.25. The molecule has 0 aromatic heterocycles. The Hall–Kier alpha value is -1.00. The third-order valence-corrected chi connectivity index (χ3v) is 5.03. The molecular weight excluding hydrogens is 266 g/mol. The van der Waals surface area contributed by atoms with Crippen LogP contribution in [-0.2, 0) is 0 Å². The third kappa shape index (κ3) is 3.76. The molecule has 0 saturated carbocycles. The summed E-state index contributed by atoms with van der Waals surface area (Å²) in [4.78, 5) is 7.26. The molecule has 0 aliphatic carbocycles. The van der Waals surface area contributed by atoms with Crippen molar-refractivity contribution in [3.63, 3.8) is 0 Å². The fraction of sp³-hybridized carbons (Fsp3) is 0.562. The summed E-state index contributed by atoms with van der Waals surface area (Å²) in [5.74, 6) is 1.09. The Kier molecular flexibility index (Phi) is 4.98. The van der Waals surface area contributed by atoms with E-state index >= 15 is 0 Å². The highest BCUT2D eigenvalue weighted by atomic mass is 32.2. The van der Waals surface area contributed by atoms with E-state index < -0.39 is 0 Å². The number of hydrogen-bond acceptors (Lipinski definition) is 3. The van der Waals surface area contributed by atoms with Gasteiger partial charge in [0, 0.05) is 12.3 Å². The van der Waals surface area contributed by atoms with Gasteiger partial charge in [-0.3, -0.25) is 4.99 Å². The van der Waals surface area contributed by atoms with E-state index in [1.54, 1.807) is 0 Å². The quantitative estimate of drug-likeness (QED) is 0.923. The fourth-order valence-corrected chi connectivity index (χ4v) is 3.84. The lowest BCUT2D eigenvalue weighted by Gasteiger charge is -2.25. The number of rotatable bonds is 4. The number of piperidine rings is 1. The molecule has 1 unspecified atom stereocenters. The molecule has 1 aromatic rings. The van der Waals surface area contributed by atoms with Gasteiger partial charge in [-0.1, -0.05) is 48.5 Å². The Morgan fingerprint density at radius 3 is 2.75 bits per heavy atom. The first kappa shape index (κ1) is 14.0. The molecule has 108 valence electrons. The number of amidine groups is 1. The van der Waals surface area contributed by atoms with Crippen molar-refractivity contribution in [3.05, 3.63) is 35.9 Å². The number of nitrogens with one attached hydrogen (secondary N) is 1. The predicted molar refractivity (Wildman–Crippen MR) is 87.4 cm³/mol. The smallest absolute Gasteiger partial charge is 0.157 e. The van der Waals surface area contributed by atoms with E-state index in [9.17, 15) is 0 Å². The second kappa shape index (κ2) is 7.14. The molecule has 2 heterocycles. The molecule has 3 nitrogen and oxygen atoms in total. The minimum absolute atomic E-state index is 0.426. The van der Waals surface area contributed by atoms with Crippen molar-refractivity contribution in [1.29, 1.82) is 0 Å². The summed E-state index contributed by atoms with van der Waals surface area (Å²) in [6.07, 6.45) is 4.13. The van der Waals surface area contributed by atoms with Gasteiger partial charge in [-0.15, -0.1) is 0 Å². The number of hydrogen-bond donors (Lipinski definition) is 1. The highest BCUT2D eigenvalue weighted by Gasteiger charge is 2.21.